The van der Waals surface area contributed by atoms with Crippen LogP contribution in [-0.4, -0.2) is 63.9 Å². The maximum Gasteiger partial charge on any atom is 0.101 e. The van der Waals surface area contributed by atoms with Crippen molar-refractivity contribution >= 4 is 0 Å². The van der Waals surface area contributed by atoms with Crippen LogP contribution in [0.1, 0.15) is 13.3 Å². The van der Waals surface area contributed by atoms with Gasteiger partial charge in [-0.15, -0.1) is 0 Å². The lowest BCUT2D eigenvalue weighted by atomic mass is 9.97. The average molecular weight is 247 g/mol. The van der Waals surface area contributed by atoms with Gasteiger partial charge in [0.05, 0.1) is 32.5 Å². The Labute approximate surface area is 103 Å². The summed E-state index contributed by atoms with van der Waals surface area (Å²) in [6.07, 6.45) is 0.781. The second kappa shape index (κ2) is 8.83. The Morgan fingerprint density at radius 1 is 1.35 bits per heavy atom. The zero-order valence-corrected chi connectivity index (χ0v) is 10.9. The van der Waals surface area contributed by atoms with E-state index in [1.54, 1.807) is 7.11 Å². The van der Waals surface area contributed by atoms with E-state index in [0.29, 0.717) is 32.3 Å². The topological polar surface area (TPSA) is 60.0 Å². The number of rotatable bonds is 8. The summed E-state index contributed by atoms with van der Waals surface area (Å²) in [4.78, 5) is 0. The predicted octanol–water partition coefficient (Wildman–Crippen LogP) is 0.0249. The molecular formula is C12H25NO4. The standard InChI is InChI=1S/C12H25NO4/c1-10-3-4-13-7-12(10)17-9-11(14)8-16-6-5-15-2/h10-14H,3-9H2,1-2H3. The first-order valence-electron chi connectivity index (χ1n) is 6.31. The number of methoxy groups -OCH3 is 1. The number of piperidine rings is 1. The number of ether oxygens (including phenoxy) is 3. The smallest absolute Gasteiger partial charge is 0.101 e. The molecular weight excluding hydrogens is 222 g/mol. The van der Waals surface area contributed by atoms with Crippen LogP contribution in [0.2, 0.25) is 0 Å². The van der Waals surface area contributed by atoms with Gasteiger partial charge in [0.15, 0.2) is 0 Å². The van der Waals surface area contributed by atoms with Gasteiger partial charge in [0, 0.05) is 13.7 Å². The summed E-state index contributed by atoms with van der Waals surface area (Å²) in [7, 11) is 1.63. The van der Waals surface area contributed by atoms with Crippen LogP contribution in [0, 0.1) is 5.92 Å². The Morgan fingerprint density at radius 3 is 2.88 bits per heavy atom. The van der Waals surface area contributed by atoms with Gasteiger partial charge in [-0.25, -0.2) is 0 Å². The normalized spacial score (nSPS) is 27.0. The lowest BCUT2D eigenvalue weighted by molar-refractivity contribution is -0.0666. The summed E-state index contributed by atoms with van der Waals surface area (Å²) in [5.74, 6) is 0.554. The molecule has 5 heteroatoms. The predicted molar refractivity (Wildman–Crippen MR) is 65.1 cm³/mol. The molecule has 0 saturated carbocycles. The van der Waals surface area contributed by atoms with Gasteiger partial charge in [-0.1, -0.05) is 6.92 Å². The lowest BCUT2D eigenvalue weighted by Gasteiger charge is -2.30. The van der Waals surface area contributed by atoms with E-state index >= 15 is 0 Å². The molecule has 17 heavy (non-hydrogen) atoms. The minimum absolute atomic E-state index is 0.206. The molecule has 0 bridgehead atoms. The van der Waals surface area contributed by atoms with E-state index in [1.165, 1.54) is 0 Å². The molecule has 0 aliphatic carbocycles. The second-order valence-corrected chi connectivity index (χ2v) is 4.56. The van der Waals surface area contributed by atoms with E-state index in [-0.39, 0.29) is 6.10 Å². The lowest BCUT2D eigenvalue weighted by Crippen LogP contribution is -2.42. The number of nitrogens with one attached hydrogen (secondary N) is 1. The summed E-state index contributed by atoms with van der Waals surface area (Å²) in [5, 5.41) is 12.9. The van der Waals surface area contributed by atoms with Gasteiger partial charge >= 0.3 is 0 Å². The van der Waals surface area contributed by atoms with Crippen LogP contribution in [0.15, 0.2) is 0 Å². The quantitative estimate of drug-likeness (QED) is 0.592. The molecule has 102 valence electrons. The van der Waals surface area contributed by atoms with E-state index < -0.39 is 6.10 Å². The first-order valence-corrected chi connectivity index (χ1v) is 6.31. The highest BCUT2D eigenvalue weighted by atomic mass is 16.5. The first-order chi connectivity index (χ1) is 8.24. The molecule has 1 aliphatic rings. The van der Waals surface area contributed by atoms with Crippen molar-refractivity contribution in [2.45, 2.75) is 25.6 Å². The van der Waals surface area contributed by atoms with Crippen LogP contribution in [-0.2, 0) is 14.2 Å². The van der Waals surface area contributed by atoms with Crippen LogP contribution >= 0.6 is 0 Å². The van der Waals surface area contributed by atoms with E-state index in [4.69, 9.17) is 14.2 Å². The molecule has 1 fully saturated rings. The van der Waals surface area contributed by atoms with Crippen LogP contribution in [0.5, 0.6) is 0 Å². The number of aliphatic hydroxyl groups excluding tert-OH is 1. The highest BCUT2D eigenvalue weighted by molar-refractivity contribution is 4.75. The van der Waals surface area contributed by atoms with E-state index in [1.807, 2.05) is 0 Å². The van der Waals surface area contributed by atoms with Gasteiger partial charge in [-0.3, -0.25) is 0 Å². The Morgan fingerprint density at radius 2 is 2.18 bits per heavy atom. The maximum absolute atomic E-state index is 9.65. The highest BCUT2D eigenvalue weighted by Crippen LogP contribution is 2.14. The number of hydrogen-bond acceptors (Lipinski definition) is 5. The summed E-state index contributed by atoms with van der Waals surface area (Å²) >= 11 is 0. The van der Waals surface area contributed by atoms with Gasteiger partial charge in [0.1, 0.15) is 6.10 Å². The third kappa shape index (κ3) is 6.33. The van der Waals surface area contributed by atoms with Gasteiger partial charge in [-0.05, 0) is 18.9 Å². The summed E-state index contributed by atoms with van der Waals surface area (Å²) in [6, 6.07) is 0. The molecule has 0 aromatic rings. The van der Waals surface area contributed by atoms with Crippen LogP contribution in [0.4, 0.5) is 0 Å². The Kier molecular flexibility index (Phi) is 7.72. The van der Waals surface area contributed by atoms with E-state index in [0.717, 1.165) is 19.5 Å². The van der Waals surface area contributed by atoms with Gasteiger partial charge in [0.2, 0.25) is 0 Å². The minimum Gasteiger partial charge on any atom is -0.388 e. The fourth-order valence-electron chi connectivity index (χ4n) is 1.83. The minimum atomic E-state index is -0.555. The van der Waals surface area contributed by atoms with Crippen molar-refractivity contribution in [3.05, 3.63) is 0 Å². The molecule has 0 aromatic carbocycles. The van der Waals surface area contributed by atoms with Crippen LogP contribution in [0.3, 0.4) is 0 Å². The third-order valence-corrected chi connectivity index (χ3v) is 3.00. The fourth-order valence-corrected chi connectivity index (χ4v) is 1.83. The zero-order valence-electron chi connectivity index (χ0n) is 10.9. The molecule has 3 atom stereocenters. The first kappa shape index (κ1) is 14.9. The van der Waals surface area contributed by atoms with Gasteiger partial charge < -0.3 is 24.6 Å². The molecule has 0 radical (unpaired) electrons. The zero-order chi connectivity index (χ0) is 12.5. The largest absolute Gasteiger partial charge is 0.388 e. The Balaban J connectivity index is 2.03. The van der Waals surface area contributed by atoms with Crippen molar-refractivity contribution in [3.63, 3.8) is 0 Å². The third-order valence-electron chi connectivity index (χ3n) is 3.00. The van der Waals surface area contributed by atoms with E-state index in [2.05, 4.69) is 12.2 Å². The summed E-state index contributed by atoms with van der Waals surface area (Å²) in [5.41, 5.74) is 0. The summed E-state index contributed by atoms with van der Waals surface area (Å²) in [6.45, 7) is 5.82. The Hall–Kier alpha value is -0.200. The van der Waals surface area contributed by atoms with Gasteiger partial charge in [0.25, 0.3) is 0 Å². The van der Waals surface area contributed by atoms with Crippen LogP contribution in [0.25, 0.3) is 0 Å². The van der Waals surface area contributed by atoms with Crippen molar-refractivity contribution in [1.82, 2.24) is 5.32 Å². The highest BCUT2D eigenvalue weighted by Gasteiger charge is 2.22. The van der Waals surface area contributed by atoms with Crippen molar-refractivity contribution in [2.24, 2.45) is 5.92 Å². The maximum atomic E-state index is 9.65. The molecule has 2 N–H and O–H groups in total. The van der Waals surface area contributed by atoms with Crippen molar-refractivity contribution in [1.29, 1.82) is 0 Å². The number of hydrogen-bond donors (Lipinski definition) is 2. The van der Waals surface area contributed by atoms with E-state index in [9.17, 15) is 5.11 Å². The molecule has 1 saturated heterocycles. The van der Waals surface area contributed by atoms with Crippen molar-refractivity contribution in [2.75, 3.05) is 46.6 Å². The van der Waals surface area contributed by atoms with Crippen LogP contribution < -0.4 is 5.32 Å². The fraction of sp³-hybridized carbons (Fsp3) is 1.00. The average Bonchev–Trinajstić information content (AvgIpc) is 2.34. The molecule has 1 aliphatic heterocycles. The molecule has 1 rings (SSSR count). The van der Waals surface area contributed by atoms with Crippen molar-refractivity contribution in [3.8, 4) is 0 Å². The molecule has 5 nitrogen and oxygen atoms in total. The second-order valence-electron chi connectivity index (χ2n) is 4.56. The molecule has 1 heterocycles. The van der Waals surface area contributed by atoms with Crippen molar-refractivity contribution < 1.29 is 19.3 Å². The molecule has 0 spiro atoms. The molecule has 3 unspecified atom stereocenters. The molecule has 0 amide bonds. The summed E-state index contributed by atoms with van der Waals surface area (Å²) < 4.78 is 15.8. The SMILES string of the molecule is COCCOCC(O)COC1CNCCC1C. The number of aliphatic hydroxyl groups is 1. The monoisotopic (exact) mass is 247 g/mol. The van der Waals surface area contributed by atoms with Gasteiger partial charge in [-0.2, -0.15) is 0 Å². The molecule has 0 aromatic heterocycles. The Bertz CT molecular complexity index is 191.